The van der Waals surface area contributed by atoms with Gasteiger partial charge in [0.1, 0.15) is 0 Å². The molecule has 1 radical (unpaired) electrons. The normalized spacial score (nSPS) is 10.9. The van der Waals surface area contributed by atoms with E-state index in [9.17, 15) is 0 Å². The van der Waals surface area contributed by atoms with Gasteiger partial charge in [0.15, 0.2) is 0 Å². The van der Waals surface area contributed by atoms with E-state index in [1.54, 1.807) is 0 Å². The summed E-state index contributed by atoms with van der Waals surface area (Å²) in [5.41, 5.74) is 0. The van der Waals surface area contributed by atoms with Crippen molar-refractivity contribution in [3.8, 4) is 0 Å². The molecule has 0 heterocycles. The second kappa shape index (κ2) is 9.68. The Labute approximate surface area is 105 Å². The first-order chi connectivity index (χ1) is 6.00. The monoisotopic (exact) mass is 407 g/mol. The summed E-state index contributed by atoms with van der Waals surface area (Å²) < 4.78 is 99.4. The molecule has 0 unspecified atom stereocenters. The second-order valence-electron chi connectivity index (χ2n) is 1.28. The standard InChI is InChI=1S/3Cr.Fe.3H2O.9O/h;;;;3*1H2;;;;;;;;;/q3*+1;+3;;;;;;;;;;3*-1/p-3. The fraction of sp³-hybridized carbons (Fsp3) is 0. The van der Waals surface area contributed by atoms with E-state index in [0.717, 1.165) is 0 Å². The molecule has 0 saturated heterocycles. The predicted octanol–water partition coefficient (Wildman–Crippen LogP) is -5.96. The van der Waals surface area contributed by atoms with E-state index in [1.165, 1.54) is 0 Å². The zero-order valence-electron chi connectivity index (χ0n) is 6.59. The zero-order valence-corrected chi connectivity index (χ0v) is 11.5. The molecule has 101 valence electrons. The fourth-order valence-corrected chi connectivity index (χ4v) is 0. The molecule has 0 bridgehead atoms. The molecule has 16 heavy (non-hydrogen) atoms. The van der Waals surface area contributed by atoms with E-state index >= 15 is 0 Å². The first-order valence-electron chi connectivity index (χ1n) is 2.05. The van der Waals surface area contributed by atoms with Crippen LogP contribution in [0.1, 0.15) is 0 Å². The molecule has 0 aromatic heterocycles. The molecule has 3 N–H and O–H groups in total. The van der Waals surface area contributed by atoms with E-state index in [1.807, 2.05) is 0 Å². The zero-order chi connectivity index (χ0) is 13.5. The average molecular weight is 407 g/mol. The Hall–Kier alpha value is 0.677. The van der Waals surface area contributed by atoms with Crippen LogP contribution in [0.15, 0.2) is 0 Å². The molecule has 0 aliphatic heterocycles. The van der Waals surface area contributed by atoms with Gasteiger partial charge in [-0.25, -0.2) is 0 Å². The molecule has 0 aromatic carbocycles. The Bertz CT molecular complexity index is 337. The molecule has 0 amide bonds. The maximum absolute atomic E-state index is 8.70. The number of hydrogen-bond donors (Lipinski definition) is 3. The van der Waals surface area contributed by atoms with Crippen molar-refractivity contribution in [3.05, 3.63) is 0 Å². The summed E-state index contributed by atoms with van der Waals surface area (Å²) in [6.45, 7) is 0. The summed E-state index contributed by atoms with van der Waals surface area (Å²) >= 11 is -16.5. The Kier molecular flexibility index (Phi) is 15.4. The molecule has 0 aliphatic carbocycles. The van der Waals surface area contributed by atoms with Gasteiger partial charge in [-0.1, -0.05) is 0 Å². The number of hydrogen-bond acceptors (Lipinski definition) is 9. The van der Waals surface area contributed by atoms with Gasteiger partial charge in [-0.3, -0.25) is 0 Å². The summed E-state index contributed by atoms with van der Waals surface area (Å²) in [5.74, 6) is 0. The summed E-state index contributed by atoms with van der Waals surface area (Å²) in [6.07, 6.45) is 0. The van der Waals surface area contributed by atoms with Gasteiger partial charge < -0.3 is 0 Å². The van der Waals surface area contributed by atoms with Crippen LogP contribution < -0.4 is 12.5 Å². The van der Waals surface area contributed by atoms with Crippen LogP contribution in [0.4, 0.5) is 0 Å². The topological polar surface area (TPSA) is 232 Å². The van der Waals surface area contributed by atoms with Crippen LogP contribution in [0.25, 0.3) is 0 Å². The fourth-order valence-electron chi connectivity index (χ4n) is 0. The quantitative estimate of drug-likeness (QED) is 0.319. The third-order valence-corrected chi connectivity index (χ3v) is 0. The number of rotatable bonds is 0. The first-order valence-corrected chi connectivity index (χ1v) is 8.44. The van der Waals surface area contributed by atoms with Crippen molar-refractivity contribution < 1.29 is 106 Å². The Morgan fingerprint density at radius 3 is 0.562 bits per heavy atom. The Morgan fingerprint density at radius 2 is 0.562 bits per heavy atom. The summed E-state index contributed by atoms with van der Waals surface area (Å²) in [7, 11) is 0. The predicted molar refractivity (Wildman–Crippen MR) is 10.8 cm³/mol. The molecule has 0 spiro atoms. The van der Waals surface area contributed by atoms with Crippen LogP contribution in [0.5, 0.6) is 0 Å². The summed E-state index contributed by atoms with van der Waals surface area (Å²) in [5, 5.41) is 0. The van der Waals surface area contributed by atoms with Crippen LogP contribution in [-0.4, -0.2) is 12.5 Å². The molecule has 0 aliphatic rings. The molecule has 0 rings (SSSR count). The van der Waals surface area contributed by atoms with Crippen LogP contribution >= 0.6 is 0 Å². The third kappa shape index (κ3) is 5990. The van der Waals surface area contributed by atoms with E-state index in [-0.39, 0.29) is 17.1 Å². The van der Waals surface area contributed by atoms with Crippen molar-refractivity contribution in [2.24, 2.45) is 0 Å². The van der Waals surface area contributed by atoms with Crippen molar-refractivity contribution >= 4 is 0 Å². The summed E-state index contributed by atoms with van der Waals surface area (Å²) in [6, 6.07) is 0. The molecule has 0 aromatic rings. The van der Waals surface area contributed by atoms with Gasteiger partial charge in [-0.05, 0) is 0 Å². The van der Waals surface area contributed by atoms with Gasteiger partial charge in [0.25, 0.3) is 0 Å². The van der Waals surface area contributed by atoms with Crippen molar-refractivity contribution in [3.63, 3.8) is 0 Å². The molecular formula is H3Cr3FeO12. The van der Waals surface area contributed by atoms with Crippen LogP contribution in [0.3, 0.4) is 0 Å². The Balaban J connectivity index is -0.0000000655. The molecule has 0 saturated carbocycles. The van der Waals surface area contributed by atoms with Gasteiger partial charge >= 0.3 is 106 Å². The van der Waals surface area contributed by atoms with Crippen LogP contribution in [0, 0.1) is 0 Å². The summed E-state index contributed by atoms with van der Waals surface area (Å²) in [4.78, 5) is 0. The van der Waals surface area contributed by atoms with Gasteiger partial charge in [0.05, 0.1) is 0 Å². The van der Waals surface area contributed by atoms with E-state index in [4.69, 9.17) is 47.8 Å². The van der Waals surface area contributed by atoms with E-state index in [2.05, 4.69) is 0 Å². The maximum atomic E-state index is 8.70. The van der Waals surface area contributed by atoms with Crippen molar-refractivity contribution in [2.45, 2.75) is 0 Å². The van der Waals surface area contributed by atoms with Crippen LogP contribution in [0.2, 0.25) is 0 Å². The first kappa shape index (κ1) is 25.5. The third-order valence-electron chi connectivity index (χ3n) is 0. The molecule has 12 nitrogen and oxygen atoms in total. The van der Waals surface area contributed by atoms with Crippen molar-refractivity contribution in [1.29, 1.82) is 0 Å². The van der Waals surface area contributed by atoms with Gasteiger partial charge in [0.2, 0.25) is 0 Å². The van der Waals surface area contributed by atoms with Crippen molar-refractivity contribution in [1.82, 2.24) is 0 Å². The Morgan fingerprint density at radius 1 is 0.562 bits per heavy atom. The van der Waals surface area contributed by atoms with Crippen LogP contribution in [-0.2, 0) is 80.7 Å². The van der Waals surface area contributed by atoms with E-state index < -0.39 is 40.8 Å². The minimum absolute atomic E-state index is 0. The van der Waals surface area contributed by atoms with Crippen molar-refractivity contribution in [2.75, 3.05) is 0 Å². The SMILES string of the molecule is [Fe+3].[O]=[Cr](=[O])([O-])[OH].[O]=[Cr](=[O])([O-])[OH].[O]=[Cr](=[O])([O-])[OH]. The van der Waals surface area contributed by atoms with Gasteiger partial charge in [0, 0.05) is 0 Å². The molecule has 16 heteroatoms. The van der Waals surface area contributed by atoms with Gasteiger partial charge in [-0.15, -0.1) is 0 Å². The molecule has 0 fully saturated rings. The average Bonchev–Trinajstić information content (AvgIpc) is 1.41. The molecular weight excluding hydrogens is 404 g/mol. The minimum atomic E-state index is -5.50. The molecule has 0 atom stereocenters. The second-order valence-corrected chi connectivity index (χ2v) is 5.29. The van der Waals surface area contributed by atoms with E-state index in [0.29, 0.717) is 0 Å². The van der Waals surface area contributed by atoms with Gasteiger partial charge in [-0.2, -0.15) is 0 Å².